The summed E-state index contributed by atoms with van der Waals surface area (Å²) < 4.78 is 2.27. The summed E-state index contributed by atoms with van der Waals surface area (Å²) in [6, 6.07) is 13.0. The highest BCUT2D eigenvalue weighted by molar-refractivity contribution is 5.95. The number of amides is 1. The number of aromatic nitrogens is 1. The molecule has 1 N–H and O–H groups in total. The van der Waals surface area contributed by atoms with E-state index in [1.807, 2.05) is 24.1 Å². The molecule has 0 radical (unpaired) electrons. The van der Waals surface area contributed by atoms with Gasteiger partial charge in [0.15, 0.2) is 0 Å². The number of carbonyl (C=O) groups is 1. The van der Waals surface area contributed by atoms with Gasteiger partial charge in [-0.15, -0.1) is 12.4 Å². The molecule has 1 aromatic heterocycles. The number of carbonyl (C=O) groups excluding carboxylic acids is 1. The molecule has 2 heterocycles. The van der Waals surface area contributed by atoms with Gasteiger partial charge in [-0.2, -0.15) is 0 Å². The lowest BCUT2D eigenvalue weighted by Crippen LogP contribution is -2.38. The van der Waals surface area contributed by atoms with Crippen LogP contribution in [-0.4, -0.2) is 41.6 Å². The van der Waals surface area contributed by atoms with Crippen molar-refractivity contribution in [2.45, 2.75) is 39.3 Å². The van der Waals surface area contributed by atoms with Gasteiger partial charge in [-0.05, 0) is 45.4 Å². The maximum atomic E-state index is 13.0. The third kappa shape index (κ3) is 3.75. The van der Waals surface area contributed by atoms with Crippen molar-refractivity contribution in [3.05, 3.63) is 58.9 Å². The third-order valence-corrected chi connectivity index (χ3v) is 5.29. The Hall–Kier alpha value is -1.78. The standard InChI is InChI=1S/C20H27N3O.ClH/c1-14-12-19(20(24)22(4)18-10-11-21-13-18)16(3)23(14)15(2)17-8-6-5-7-9-17;/h5-9,12,15,18,21H,10-11,13H2,1-4H3;1H. The summed E-state index contributed by atoms with van der Waals surface area (Å²) in [5.41, 5.74) is 4.26. The molecule has 1 amide bonds. The van der Waals surface area contributed by atoms with Crippen molar-refractivity contribution in [2.24, 2.45) is 0 Å². The number of halogens is 1. The SMILES string of the molecule is Cc1cc(C(=O)N(C)C2CCNC2)c(C)n1C(C)c1ccccc1.Cl. The van der Waals surface area contributed by atoms with Crippen LogP contribution in [0.5, 0.6) is 0 Å². The molecular formula is C20H28ClN3O. The van der Waals surface area contributed by atoms with E-state index in [1.165, 1.54) is 5.56 Å². The summed E-state index contributed by atoms with van der Waals surface area (Å²) in [5.74, 6) is 0.128. The molecule has 2 unspecified atom stereocenters. The molecule has 5 heteroatoms. The summed E-state index contributed by atoms with van der Waals surface area (Å²) in [6.45, 7) is 8.21. The number of benzene rings is 1. The first kappa shape index (κ1) is 19.5. The lowest BCUT2D eigenvalue weighted by atomic mass is 10.1. The van der Waals surface area contributed by atoms with E-state index in [0.717, 1.165) is 36.5 Å². The van der Waals surface area contributed by atoms with Gasteiger partial charge in [0.05, 0.1) is 11.6 Å². The number of hydrogen-bond acceptors (Lipinski definition) is 2. The molecule has 0 bridgehead atoms. The molecule has 2 atom stereocenters. The molecule has 1 aliphatic rings. The number of likely N-dealkylation sites (N-methyl/N-ethyl adjacent to an activating group) is 1. The first-order valence-electron chi connectivity index (χ1n) is 8.72. The highest BCUT2D eigenvalue weighted by atomic mass is 35.5. The molecule has 1 saturated heterocycles. The Bertz CT molecular complexity index is 720. The van der Waals surface area contributed by atoms with Crippen LogP contribution in [0.2, 0.25) is 0 Å². The van der Waals surface area contributed by atoms with Crippen molar-refractivity contribution in [3.63, 3.8) is 0 Å². The van der Waals surface area contributed by atoms with Crippen molar-refractivity contribution in [1.29, 1.82) is 0 Å². The lowest BCUT2D eigenvalue weighted by Gasteiger charge is -2.24. The van der Waals surface area contributed by atoms with E-state index in [4.69, 9.17) is 0 Å². The second kappa shape index (κ2) is 8.07. The van der Waals surface area contributed by atoms with Crippen molar-refractivity contribution < 1.29 is 4.79 Å². The quantitative estimate of drug-likeness (QED) is 0.903. The van der Waals surface area contributed by atoms with Gasteiger partial charge in [0.2, 0.25) is 0 Å². The van der Waals surface area contributed by atoms with Gasteiger partial charge in [-0.1, -0.05) is 30.3 Å². The zero-order valence-corrected chi connectivity index (χ0v) is 16.3. The van der Waals surface area contributed by atoms with E-state index in [-0.39, 0.29) is 24.4 Å². The van der Waals surface area contributed by atoms with Crippen LogP contribution in [0, 0.1) is 13.8 Å². The van der Waals surface area contributed by atoms with Crippen molar-refractivity contribution >= 4 is 18.3 Å². The van der Waals surface area contributed by atoms with Crippen LogP contribution >= 0.6 is 12.4 Å². The highest BCUT2D eigenvalue weighted by Gasteiger charge is 2.27. The molecular weight excluding hydrogens is 334 g/mol. The minimum atomic E-state index is 0. The van der Waals surface area contributed by atoms with Gasteiger partial charge < -0.3 is 14.8 Å². The second-order valence-electron chi connectivity index (χ2n) is 6.80. The van der Waals surface area contributed by atoms with Gasteiger partial charge in [-0.3, -0.25) is 4.79 Å². The normalized spacial score (nSPS) is 17.8. The van der Waals surface area contributed by atoms with Crippen molar-refractivity contribution in [3.8, 4) is 0 Å². The Kier molecular flexibility index (Phi) is 6.31. The Morgan fingerprint density at radius 1 is 1.28 bits per heavy atom. The summed E-state index contributed by atoms with van der Waals surface area (Å²) in [6.07, 6.45) is 1.03. The summed E-state index contributed by atoms with van der Waals surface area (Å²) in [5, 5.41) is 3.33. The fraction of sp³-hybridized carbons (Fsp3) is 0.450. The predicted molar refractivity (Wildman–Crippen MR) is 105 cm³/mol. The smallest absolute Gasteiger partial charge is 0.255 e. The van der Waals surface area contributed by atoms with E-state index >= 15 is 0 Å². The number of nitrogens with one attached hydrogen (secondary N) is 1. The Morgan fingerprint density at radius 3 is 2.56 bits per heavy atom. The Labute approximate surface area is 156 Å². The fourth-order valence-corrected chi connectivity index (χ4v) is 3.80. The molecule has 1 aromatic carbocycles. The van der Waals surface area contributed by atoms with Crippen LogP contribution in [0.1, 0.15) is 46.7 Å². The summed E-state index contributed by atoms with van der Waals surface area (Å²) in [4.78, 5) is 14.9. The topological polar surface area (TPSA) is 37.3 Å². The minimum absolute atomic E-state index is 0. The Morgan fingerprint density at radius 2 is 1.96 bits per heavy atom. The fourth-order valence-electron chi connectivity index (χ4n) is 3.80. The molecule has 3 rings (SSSR count). The number of nitrogens with zero attached hydrogens (tertiary/aromatic N) is 2. The monoisotopic (exact) mass is 361 g/mol. The first-order chi connectivity index (χ1) is 11.5. The van der Waals surface area contributed by atoms with Gasteiger partial charge in [0.25, 0.3) is 5.91 Å². The maximum Gasteiger partial charge on any atom is 0.255 e. The van der Waals surface area contributed by atoms with Crippen LogP contribution < -0.4 is 5.32 Å². The zero-order valence-electron chi connectivity index (χ0n) is 15.5. The maximum absolute atomic E-state index is 13.0. The molecule has 0 saturated carbocycles. The molecule has 25 heavy (non-hydrogen) atoms. The van der Waals surface area contributed by atoms with Gasteiger partial charge in [0.1, 0.15) is 0 Å². The van der Waals surface area contributed by atoms with Gasteiger partial charge in [-0.25, -0.2) is 0 Å². The summed E-state index contributed by atoms with van der Waals surface area (Å²) in [7, 11) is 1.92. The number of rotatable bonds is 4. The third-order valence-electron chi connectivity index (χ3n) is 5.29. The van der Waals surface area contributed by atoms with Crippen molar-refractivity contribution in [2.75, 3.05) is 20.1 Å². The highest BCUT2D eigenvalue weighted by Crippen LogP contribution is 2.26. The van der Waals surface area contributed by atoms with Crippen LogP contribution in [0.4, 0.5) is 0 Å². The average Bonchev–Trinajstić information content (AvgIpc) is 3.22. The molecule has 2 aromatic rings. The minimum Gasteiger partial charge on any atom is -0.341 e. The number of hydrogen-bond donors (Lipinski definition) is 1. The Balaban J connectivity index is 0.00000225. The average molecular weight is 362 g/mol. The predicted octanol–water partition coefficient (Wildman–Crippen LogP) is 3.57. The molecule has 136 valence electrons. The van der Waals surface area contributed by atoms with Crippen LogP contribution in [-0.2, 0) is 0 Å². The van der Waals surface area contributed by atoms with E-state index in [0.29, 0.717) is 6.04 Å². The molecule has 4 nitrogen and oxygen atoms in total. The molecule has 0 aliphatic carbocycles. The second-order valence-corrected chi connectivity index (χ2v) is 6.80. The summed E-state index contributed by atoms with van der Waals surface area (Å²) >= 11 is 0. The van der Waals surface area contributed by atoms with Gasteiger partial charge in [0, 0.05) is 31.0 Å². The lowest BCUT2D eigenvalue weighted by molar-refractivity contribution is 0.0743. The van der Waals surface area contributed by atoms with Crippen LogP contribution in [0.25, 0.3) is 0 Å². The molecule has 0 spiro atoms. The largest absolute Gasteiger partial charge is 0.341 e. The van der Waals surface area contributed by atoms with E-state index in [1.54, 1.807) is 0 Å². The van der Waals surface area contributed by atoms with Crippen LogP contribution in [0.3, 0.4) is 0 Å². The van der Waals surface area contributed by atoms with E-state index in [9.17, 15) is 4.79 Å². The van der Waals surface area contributed by atoms with Gasteiger partial charge >= 0.3 is 0 Å². The number of aryl methyl sites for hydroxylation is 1. The first-order valence-corrected chi connectivity index (χ1v) is 8.72. The van der Waals surface area contributed by atoms with E-state index < -0.39 is 0 Å². The molecule has 1 fully saturated rings. The van der Waals surface area contributed by atoms with Crippen molar-refractivity contribution in [1.82, 2.24) is 14.8 Å². The van der Waals surface area contributed by atoms with Crippen LogP contribution in [0.15, 0.2) is 36.4 Å². The molecule has 1 aliphatic heterocycles. The van der Waals surface area contributed by atoms with E-state index in [2.05, 4.69) is 54.9 Å². The zero-order chi connectivity index (χ0) is 17.3.